The molecule has 18 heavy (non-hydrogen) atoms. The van der Waals surface area contributed by atoms with Crippen molar-refractivity contribution in [3.63, 3.8) is 0 Å². The van der Waals surface area contributed by atoms with E-state index in [-0.39, 0.29) is 23.7 Å². The molecule has 1 saturated heterocycles. The molecule has 1 fully saturated rings. The Morgan fingerprint density at radius 1 is 1.67 bits per heavy atom. The van der Waals surface area contributed by atoms with Gasteiger partial charge in [-0.25, -0.2) is 0 Å². The molecule has 1 unspecified atom stereocenters. The van der Waals surface area contributed by atoms with Crippen LogP contribution in [0.5, 0.6) is 0 Å². The first-order chi connectivity index (χ1) is 8.11. The van der Waals surface area contributed by atoms with Crippen molar-refractivity contribution in [2.24, 2.45) is 12.5 Å². The maximum atomic E-state index is 11.9. The number of piperidine rings is 1. The predicted octanol–water partition coefficient (Wildman–Crippen LogP) is 0.961. The van der Waals surface area contributed by atoms with E-state index >= 15 is 0 Å². The van der Waals surface area contributed by atoms with Gasteiger partial charge in [-0.15, -0.1) is 12.4 Å². The normalized spacial score (nSPS) is 23.2. The first-order valence-electron chi connectivity index (χ1n) is 6.08. The number of hydrogen-bond acceptors (Lipinski definition) is 3. The van der Waals surface area contributed by atoms with Gasteiger partial charge in [-0.05, 0) is 30.9 Å². The van der Waals surface area contributed by atoms with Crippen LogP contribution in [0.1, 0.15) is 30.3 Å². The van der Waals surface area contributed by atoms with Gasteiger partial charge in [0.25, 0.3) is 5.91 Å². The van der Waals surface area contributed by atoms with Crippen molar-refractivity contribution in [2.75, 3.05) is 19.6 Å². The lowest BCUT2D eigenvalue weighted by molar-refractivity contribution is 0.0915. The van der Waals surface area contributed by atoms with Gasteiger partial charge in [-0.3, -0.25) is 9.48 Å². The van der Waals surface area contributed by atoms with Crippen LogP contribution in [0.3, 0.4) is 0 Å². The molecule has 6 heteroatoms. The topological polar surface area (TPSA) is 59.0 Å². The van der Waals surface area contributed by atoms with Gasteiger partial charge in [0, 0.05) is 26.3 Å². The van der Waals surface area contributed by atoms with Crippen LogP contribution in [-0.4, -0.2) is 35.3 Å². The van der Waals surface area contributed by atoms with E-state index < -0.39 is 0 Å². The summed E-state index contributed by atoms with van der Waals surface area (Å²) >= 11 is 0. The number of halogens is 1. The fourth-order valence-corrected chi connectivity index (χ4v) is 2.25. The zero-order valence-electron chi connectivity index (χ0n) is 10.9. The Morgan fingerprint density at radius 3 is 3.00 bits per heavy atom. The summed E-state index contributed by atoms with van der Waals surface area (Å²) in [6, 6.07) is 1.73. The Balaban J connectivity index is 0.00000162. The maximum Gasteiger partial charge on any atom is 0.269 e. The molecule has 1 aliphatic rings. The molecule has 2 N–H and O–H groups in total. The summed E-state index contributed by atoms with van der Waals surface area (Å²) in [5.74, 6) is -0.0446. The Kier molecular flexibility index (Phi) is 5.16. The largest absolute Gasteiger partial charge is 0.350 e. The third-order valence-corrected chi connectivity index (χ3v) is 3.41. The van der Waals surface area contributed by atoms with Crippen LogP contribution < -0.4 is 10.6 Å². The van der Waals surface area contributed by atoms with Crippen molar-refractivity contribution in [3.05, 3.63) is 18.0 Å². The highest BCUT2D eigenvalue weighted by Crippen LogP contribution is 2.24. The molecular formula is C12H21ClN4O. The Labute approximate surface area is 114 Å². The summed E-state index contributed by atoms with van der Waals surface area (Å²) in [4.78, 5) is 11.9. The fourth-order valence-electron chi connectivity index (χ4n) is 2.25. The van der Waals surface area contributed by atoms with E-state index in [4.69, 9.17) is 0 Å². The van der Waals surface area contributed by atoms with Crippen LogP contribution >= 0.6 is 12.4 Å². The minimum atomic E-state index is -0.0446. The SMILES string of the molecule is Cl.Cn1nccc1C(=O)NCC1(C)CCCNC1. The molecule has 2 rings (SSSR count). The molecule has 1 aliphatic heterocycles. The zero-order valence-corrected chi connectivity index (χ0v) is 11.7. The van der Waals surface area contributed by atoms with Gasteiger partial charge in [0.05, 0.1) is 0 Å². The molecule has 102 valence electrons. The van der Waals surface area contributed by atoms with Crippen molar-refractivity contribution in [1.82, 2.24) is 20.4 Å². The standard InChI is InChI=1S/C12H20N4O.ClH/c1-12(5-3-6-13-8-12)9-14-11(17)10-4-7-15-16(10)2;/h4,7,13H,3,5-6,8-9H2,1-2H3,(H,14,17);1H. The molecule has 0 aliphatic carbocycles. The molecule has 1 aromatic rings. The minimum Gasteiger partial charge on any atom is -0.350 e. The smallest absolute Gasteiger partial charge is 0.269 e. The third kappa shape index (κ3) is 3.46. The molecule has 2 heterocycles. The second-order valence-corrected chi connectivity index (χ2v) is 5.11. The van der Waals surface area contributed by atoms with E-state index in [1.807, 2.05) is 0 Å². The molecule has 1 atom stereocenters. The summed E-state index contributed by atoms with van der Waals surface area (Å²) in [6.07, 6.45) is 3.97. The lowest BCUT2D eigenvalue weighted by atomic mass is 9.83. The second kappa shape index (κ2) is 6.20. The fraction of sp³-hybridized carbons (Fsp3) is 0.667. The van der Waals surface area contributed by atoms with Crippen LogP contribution in [0.15, 0.2) is 12.3 Å². The molecule has 0 saturated carbocycles. The number of amides is 1. The second-order valence-electron chi connectivity index (χ2n) is 5.11. The van der Waals surface area contributed by atoms with Crippen molar-refractivity contribution in [2.45, 2.75) is 19.8 Å². The third-order valence-electron chi connectivity index (χ3n) is 3.41. The summed E-state index contributed by atoms with van der Waals surface area (Å²) in [7, 11) is 1.78. The van der Waals surface area contributed by atoms with Crippen LogP contribution in [-0.2, 0) is 7.05 Å². The molecular weight excluding hydrogens is 252 g/mol. The lowest BCUT2D eigenvalue weighted by Crippen LogP contribution is -2.45. The van der Waals surface area contributed by atoms with Crippen molar-refractivity contribution < 1.29 is 4.79 Å². The van der Waals surface area contributed by atoms with E-state index in [1.54, 1.807) is 24.0 Å². The highest BCUT2D eigenvalue weighted by atomic mass is 35.5. The van der Waals surface area contributed by atoms with Crippen LogP contribution in [0.25, 0.3) is 0 Å². The lowest BCUT2D eigenvalue weighted by Gasteiger charge is -2.34. The average Bonchev–Trinajstić information content (AvgIpc) is 2.74. The van der Waals surface area contributed by atoms with Crippen LogP contribution in [0, 0.1) is 5.41 Å². The highest BCUT2D eigenvalue weighted by Gasteiger charge is 2.27. The Morgan fingerprint density at radius 2 is 2.44 bits per heavy atom. The minimum absolute atomic E-state index is 0. The number of hydrogen-bond donors (Lipinski definition) is 2. The first-order valence-corrected chi connectivity index (χ1v) is 6.08. The summed E-state index contributed by atoms with van der Waals surface area (Å²) in [5.41, 5.74) is 0.782. The number of nitrogens with one attached hydrogen (secondary N) is 2. The monoisotopic (exact) mass is 272 g/mol. The average molecular weight is 273 g/mol. The Bertz CT molecular complexity index is 399. The van der Waals surface area contributed by atoms with Crippen molar-refractivity contribution >= 4 is 18.3 Å². The summed E-state index contributed by atoms with van der Waals surface area (Å²) < 4.78 is 1.59. The summed E-state index contributed by atoms with van der Waals surface area (Å²) in [6.45, 7) is 4.98. The van der Waals surface area contributed by atoms with Gasteiger partial charge in [0.1, 0.15) is 5.69 Å². The highest BCUT2D eigenvalue weighted by molar-refractivity contribution is 5.92. The first kappa shape index (κ1) is 15.0. The molecule has 1 aromatic heterocycles. The number of aryl methyl sites for hydroxylation is 1. The molecule has 0 spiro atoms. The van der Waals surface area contributed by atoms with Crippen LogP contribution in [0.4, 0.5) is 0 Å². The zero-order chi connectivity index (χ0) is 12.3. The summed E-state index contributed by atoms with van der Waals surface area (Å²) in [5, 5.41) is 10.4. The van der Waals surface area contributed by atoms with Gasteiger partial charge in [-0.1, -0.05) is 6.92 Å². The number of aromatic nitrogens is 2. The number of carbonyl (C=O) groups excluding carboxylic acids is 1. The molecule has 0 aromatic carbocycles. The number of carbonyl (C=O) groups is 1. The molecule has 1 amide bonds. The van der Waals surface area contributed by atoms with E-state index in [0.29, 0.717) is 12.2 Å². The van der Waals surface area contributed by atoms with Gasteiger partial charge in [-0.2, -0.15) is 5.10 Å². The predicted molar refractivity (Wildman–Crippen MR) is 73.0 cm³/mol. The molecule has 0 radical (unpaired) electrons. The Hall–Kier alpha value is -1.07. The van der Waals surface area contributed by atoms with E-state index in [9.17, 15) is 4.79 Å². The number of rotatable bonds is 3. The van der Waals surface area contributed by atoms with E-state index in [1.165, 1.54) is 6.42 Å². The molecule has 5 nitrogen and oxygen atoms in total. The van der Waals surface area contributed by atoms with Gasteiger partial charge in [0.15, 0.2) is 0 Å². The quantitative estimate of drug-likeness (QED) is 0.862. The van der Waals surface area contributed by atoms with Gasteiger partial charge >= 0.3 is 0 Å². The maximum absolute atomic E-state index is 11.9. The van der Waals surface area contributed by atoms with Crippen LogP contribution in [0.2, 0.25) is 0 Å². The van der Waals surface area contributed by atoms with Crippen molar-refractivity contribution in [1.29, 1.82) is 0 Å². The number of nitrogens with zero attached hydrogens (tertiary/aromatic N) is 2. The van der Waals surface area contributed by atoms with E-state index in [0.717, 1.165) is 19.5 Å². The van der Waals surface area contributed by atoms with Gasteiger partial charge < -0.3 is 10.6 Å². The van der Waals surface area contributed by atoms with E-state index in [2.05, 4.69) is 22.7 Å². The molecule has 0 bridgehead atoms. The van der Waals surface area contributed by atoms with Gasteiger partial charge in [0.2, 0.25) is 0 Å². The van der Waals surface area contributed by atoms with Crippen molar-refractivity contribution in [3.8, 4) is 0 Å².